The van der Waals surface area contributed by atoms with Crippen LogP contribution < -0.4 is 20.7 Å². The van der Waals surface area contributed by atoms with Crippen molar-refractivity contribution < 1.29 is 10.3 Å². The van der Waals surface area contributed by atoms with Crippen LogP contribution >= 0.6 is 0 Å². The molecular weight excluding hydrogens is 967 g/mol. The van der Waals surface area contributed by atoms with Gasteiger partial charge in [-0.05, 0) is 106 Å². The first kappa shape index (κ1) is 44.2. The van der Waals surface area contributed by atoms with E-state index in [0.29, 0.717) is 0 Å². The van der Waals surface area contributed by atoms with Crippen molar-refractivity contribution in [3.63, 3.8) is 0 Å². The second-order valence-corrected chi connectivity index (χ2v) is 24.2. The fourth-order valence-electron chi connectivity index (χ4n) is 13.0. The molecule has 0 radical (unpaired) electrons. The highest BCUT2D eigenvalue weighted by Crippen LogP contribution is 2.41. The molecule has 0 saturated carbocycles. The summed E-state index contributed by atoms with van der Waals surface area (Å²) in [4.78, 5) is 3.54. The third kappa shape index (κ3) is 6.54. The van der Waals surface area contributed by atoms with Crippen LogP contribution in [0, 0.1) is 0 Å². The lowest BCUT2D eigenvalue weighted by Gasteiger charge is -2.34. The van der Waals surface area contributed by atoms with E-state index in [9.17, 15) is 0 Å². The molecule has 12 aromatic carbocycles. The van der Waals surface area contributed by atoms with Crippen LogP contribution in [0.15, 0.2) is 288 Å². The Hall–Kier alpha value is -10.1. The fourth-order valence-corrected chi connectivity index (χ4v) is 17.7. The first-order valence-corrected chi connectivity index (χ1v) is 28.7. The lowest BCUT2D eigenvalue weighted by Crippen LogP contribution is -2.74. The van der Waals surface area contributed by atoms with Gasteiger partial charge >= 0.3 is 0 Å². The molecule has 5 aromatic heterocycles. The molecule has 0 aliphatic heterocycles. The molecule has 78 heavy (non-hydrogen) atoms. The zero-order chi connectivity index (χ0) is 51.3. The normalized spacial score (nSPS) is 12.1. The van der Waals surface area contributed by atoms with Gasteiger partial charge < -0.3 is 23.0 Å². The van der Waals surface area contributed by atoms with Gasteiger partial charge in [0.05, 0.1) is 38.4 Å². The number of H-pyrrole nitrogens is 1. The SMILES string of the molecule is [HH].c1ccc(-n2c3ccccc3c3cc([Si](c4ccccc4)(c4ccccc4)c4ccc(-n5c6ccccc6c6ccc7oc8ccccc8c7c65)cc4)ccc32)cc1.c1ccc2c(c1)[nH]c1c2ccc2oc3ccccc3c21. The van der Waals surface area contributed by atoms with E-state index in [1.807, 2.05) is 18.2 Å². The largest absolute Gasteiger partial charge is 0.456 e. The maximum atomic E-state index is 6.43. The second kappa shape index (κ2) is 17.5. The maximum absolute atomic E-state index is 6.43. The van der Waals surface area contributed by atoms with Crippen molar-refractivity contribution in [3.8, 4) is 11.4 Å². The highest BCUT2D eigenvalue weighted by Gasteiger charge is 2.42. The van der Waals surface area contributed by atoms with E-state index in [1.165, 1.54) is 91.4 Å². The van der Waals surface area contributed by atoms with E-state index in [1.54, 1.807) is 0 Å². The van der Waals surface area contributed by atoms with E-state index in [0.717, 1.165) is 50.0 Å². The molecule has 6 heteroatoms. The van der Waals surface area contributed by atoms with Crippen molar-refractivity contribution in [2.24, 2.45) is 0 Å². The highest BCUT2D eigenvalue weighted by molar-refractivity contribution is 7.20. The molecule has 0 aliphatic carbocycles. The van der Waals surface area contributed by atoms with Gasteiger partial charge in [0.1, 0.15) is 22.3 Å². The van der Waals surface area contributed by atoms with Gasteiger partial charge in [-0.15, -0.1) is 0 Å². The Labute approximate surface area is 450 Å². The van der Waals surface area contributed by atoms with Crippen molar-refractivity contribution in [1.82, 2.24) is 14.1 Å². The standard InChI is InChI=1S/C54H36N2OSi.C18H11NO.H2/c1-4-16-37(17-5-1)55-48-25-13-11-23-44(48)47-36-42(32-34-50(47)55)58(39-18-6-2-7-19-39,40-20-8-3-9-21-40)41-30-28-38(29-31-41)56-49-26-14-10-22-43(49)45-33-35-52-53(54(45)56)46-24-12-15-27-51(46)57-52;1-3-7-14-11(5-1)12-9-10-16-17(18(12)19-14)13-6-2-4-8-15(13)20-16;/h1-36H;1-10,19H;1H. The van der Waals surface area contributed by atoms with E-state index in [2.05, 4.69) is 275 Å². The lowest BCUT2D eigenvalue weighted by atomic mass is 10.1. The molecule has 0 amide bonds. The third-order valence-corrected chi connectivity index (χ3v) is 21.1. The average Bonchev–Trinajstić information content (AvgIpc) is 4.51. The summed E-state index contributed by atoms with van der Waals surface area (Å²) >= 11 is 0. The number of hydrogen-bond acceptors (Lipinski definition) is 2. The number of furan rings is 2. The van der Waals surface area contributed by atoms with Crippen LogP contribution in [0.2, 0.25) is 0 Å². The topological polar surface area (TPSA) is 51.9 Å². The first-order valence-electron chi connectivity index (χ1n) is 26.7. The predicted octanol–water partition coefficient (Wildman–Crippen LogP) is 16.6. The van der Waals surface area contributed by atoms with Crippen LogP contribution in [-0.2, 0) is 0 Å². The molecule has 5 heterocycles. The van der Waals surface area contributed by atoms with Crippen LogP contribution in [0.25, 0.3) is 121 Å². The fraction of sp³-hybridized carbons (Fsp3) is 0. The van der Waals surface area contributed by atoms with Crippen LogP contribution in [0.1, 0.15) is 1.43 Å². The van der Waals surface area contributed by atoms with Crippen molar-refractivity contribution in [2.75, 3.05) is 0 Å². The zero-order valence-electron chi connectivity index (χ0n) is 42.3. The van der Waals surface area contributed by atoms with Crippen LogP contribution in [-0.4, -0.2) is 22.2 Å². The number of benzene rings is 12. The van der Waals surface area contributed by atoms with Gasteiger partial charge in [-0.25, -0.2) is 0 Å². The smallest absolute Gasteiger partial charge is 0.179 e. The van der Waals surface area contributed by atoms with E-state index >= 15 is 0 Å². The molecule has 17 rings (SSSR count). The van der Waals surface area contributed by atoms with Crippen LogP contribution in [0.4, 0.5) is 0 Å². The molecule has 0 atom stereocenters. The van der Waals surface area contributed by atoms with Gasteiger partial charge in [0.15, 0.2) is 8.07 Å². The van der Waals surface area contributed by atoms with Crippen molar-refractivity contribution in [3.05, 3.63) is 279 Å². The molecule has 0 bridgehead atoms. The van der Waals surface area contributed by atoms with Gasteiger partial charge in [-0.1, -0.05) is 194 Å². The minimum atomic E-state index is -2.89. The third-order valence-electron chi connectivity index (χ3n) is 16.3. The minimum absolute atomic E-state index is 0. The van der Waals surface area contributed by atoms with Crippen molar-refractivity contribution in [1.29, 1.82) is 0 Å². The Bertz CT molecular complexity index is 5110. The summed E-state index contributed by atoms with van der Waals surface area (Å²) in [7, 11) is -2.89. The minimum Gasteiger partial charge on any atom is -0.456 e. The second-order valence-electron chi connectivity index (χ2n) is 20.4. The summed E-state index contributed by atoms with van der Waals surface area (Å²) in [6, 6.07) is 101. The Kier molecular flexibility index (Phi) is 9.89. The molecule has 0 unspecified atom stereocenters. The monoisotopic (exact) mass is 1020 g/mol. The van der Waals surface area contributed by atoms with Crippen molar-refractivity contribution in [2.45, 2.75) is 0 Å². The Morgan fingerprint density at radius 2 is 0.756 bits per heavy atom. The first-order chi connectivity index (χ1) is 38.7. The molecule has 368 valence electrons. The Balaban J connectivity index is 0.000000215. The van der Waals surface area contributed by atoms with Gasteiger partial charge in [-0.3, -0.25) is 0 Å². The van der Waals surface area contributed by atoms with E-state index in [4.69, 9.17) is 8.83 Å². The van der Waals surface area contributed by atoms with E-state index < -0.39 is 8.07 Å². The maximum Gasteiger partial charge on any atom is 0.179 e. The molecule has 0 saturated heterocycles. The van der Waals surface area contributed by atoms with E-state index in [-0.39, 0.29) is 1.43 Å². The molecule has 0 spiro atoms. The summed E-state index contributed by atoms with van der Waals surface area (Å²) in [5.41, 5.74) is 13.1. The summed E-state index contributed by atoms with van der Waals surface area (Å²) in [5, 5.41) is 17.5. The zero-order valence-corrected chi connectivity index (χ0v) is 43.3. The van der Waals surface area contributed by atoms with Crippen LogP contribution in [0.5, 0.6) is 0 Å². The van der Waals surface area contributed by atoms with Gasteiger partial charge in [0.25, 0.3) is 0 Å². The molecule has 5 nitrogen and oxygen atoms in total. The number of rotatable bonds is 6. The number of para-hydroxylation sites is 6. The quantitative estimate of drug-likeness (QED) is 0.133. The predicted molar refractivity (Wildman–Crippen MR) is 331 cm³/mol. The molecule has 17 aromatic rings. The molecule has 0 aliphatic rings. The number of nitrogens with one attached hydrogen (secondary N) is 1. The van der Waals surface area contributed by atoms with Crippen LogP contribution in [0.3, 0.4) is 0 Å². The number of nitrogens with zero attached hydrogens (tertiary/aromatic N) is 2. The summed E-state index contributed by atoms with van der Waals surface area (Å²) in [5.74, 6) is 0. The Morgan fingerprint density at radius 3 is 1.42 bits per heavy atom. The molecule has 0 fully saturated rings. The number of aromatic amines is 1. The summed E-state index contributed by atoms with van der Waals surface area (Å²) < 4.78 is 17.2. The number of fused-ring (bicyclic) bond motifs is 17. The van der Waals surface area contributed by atoms with Crippen molar-refractivity contribution >= 4 is 138 Å². The average molecular weight is 1020 g/mol. The number of aromatic nitrogens is 3. The molecule has 1 N–H and O–H groups in total. The number of hydrogen-bond donors (Lipinski definition) is 1. The molecular formula is C72H49N3O2Si. The summed E-state index contributed by atoms with van der Waals surface area (Å²) in [6.07, 6.45) is 0. The van der Waals surface area contributed by atoms with Gasteiger partial charge in [0.2, 0.25) is 0 Å². The van der Waals surface area contributed by atoms with Gasteiger partial charge in [-0.2, -0.15) is 0 Å². The highest BCUT2D eigenvalue weighted by atomic mass is 28.3. The summed E-state index contributed by atoms with van der Waals surface area (Å²) in [6.45, 7) is 0. The Morgan fingerprint density at radius 1 is 0.295 bits per heavy atom. The lowest BCUT2D eigenvalue weighted by molar-refractivity contribution is 0.669. The van der Waals surface area contributed by atoms with Gasteiger partial charge in [0, 0.05) is 61.4 Å².